The van der Waals surface area contributed by atoms with Gasteiger partial charge in [0.25, 0.3) is 0 Å². The molecule has 2 amide bonds. The summed E-state index contributed by atoms with van der Waals surface area (Å²) in [6, 6.07) is 6.91. The van der Waals surface area contributed by atoms with Crippen molar-refractivity contribution in [2.45, 2.75) is 45.3 Å². The zero-order chi connectivity index (χ0) is 22.0. The lowest BCUT2D eigenvalue weighted by Gasteiger charge is -2.32. The lowest BCUT2D eigenvalue weighted by Crippen LogP contribution is -2.49. The molecule has 0 aliphatic carbocycles. The lowest BCUT2D eigenvalue weighted by atomic mass is 9.99. The predicted molar refractivity (Wildman–Crippen MR) is 107 cm³/mol. The molecule has 0 saturated carbocycles. The number of hydrogen-bond acceptors (Lipinski definition) is 3. The van der Waals surface area contributed by atoms with Crippen molar-refractivity contribution < 1.29 is 22.8 Å². The lowest BCUT2D eigenvalue weighted by molar-refractivity contribution is -0.141. The zero-order valence-corrected chi connectivity index (χ0v) is 16.8. The molecule has 0 spiro atoms. The van der Waals surface area contributed by atoms with E-state index in [1.165, 1.54) is 4.90 Å². The van der Waals surface area contributed by atoms with Crippen molar-refractivity contribution in [1.29, 1.82) is 0 Å². The van der Waals surface area contributed by atoms with Gasteiger partial charge in [0.05, 0.1) is 0 Å². The fraction of sp³-hybridized carbons (Fsp3) is 0.364. The molecule has 5 nitrogen and oxygen atoms in total. The van der Waals surface area contributed by atoms with E-state index in [2.05, 4.69) is 5.32 Å². The van der Waals surface area contributed by atoms with Crippen molar-refractivity contribution in [3.63, 3.8) is 0 Å². The molecule has 2 atom stereocenters. The van der Waals surface area contributed by atoms with Crippen LogP contribution >= 0.6 is 0 Å². The van der Waals surface area contributed by atoms with Crippen molar-refractivity contribution in [2.24, 2.45) is 11.7 Å². The van der Waals surface area contributed by atoms with E-state index in [0.717, 1.165) is 11.6 Å². The Morgan fingerprint density at radius 2 is 1.83 bits per heavy atom. The van der Waals surface area contributed by atoms with Gasteiger partial charge in [-0.1, -0.05) is 32.0 Å². The van der Waals surface area contributed by atoms with Gasteiger partial charge in [-0.2, -0.15) is 0 Å². The molecular formula is C22H24F3N3O2. The molecule has 1 heterocycles. The summed E-state index contributed by atoms with van der Waals surface area (Å²) in [5.41, 5.74) is 7.37. The first-order valence-corrected chi connectivity index (χ1v) is 9.74. The molecule has 0 radical (unpaired) electrons. The first-order valence-electron chi connectivity index (χ1n) is 9.74. The van der Waals surface area contributed by atoms with E-state index in [4.69, 9.17) is 5.73 Å². The highest BCUT2D eigenvalue weighted by atomic mass is 19.2. The normalized spacial score (nSPS) is 17.4. The highest BCUT2D eigenvalue weighted by Gasteiger charge is 2.35. The van der Waals surface area contributed by atoms with Crippen LogP contribution in [-0.4, -0.2) is 28.8 Å². The van der Waals surface area contributed by atoms with Gasteiger partial charge in [0.15, 0.2) is 11.6 Å². The third-order valence-electron chi connectivity index (χ3n) is 5.18. The SMILES string of the molecule is CC(C)C1C(=O)Nc2ccccc2CN1C(=O)C[C@H](N)Cc1cc(F)c(F)cc1F. The van der Waals surface area contributed by atoms with E-state index in [-0.39, 0.29) is 42.7 Å². The summed E-state index contributed by atoms with van der Waals surface area (Å²) in [5, 5.41) is 2.86. The highest BCUT2D eigenvalue weighted by Crippen LogP contribution is 2.27. The smallest absolute Gasteiger partial charge is 0.247 e. The number of carbonyl (C=O) groups excluding carboxylic acids is 2. The van der Waals surface area contributed by atoms with E-state index in [1.54, 1.807) is 12.1 Å². The van der Waals surface area contributed by atoms with Gasteiger partial charge in [0.1, 0.15) is 11.9 Å². The second-order valence-electron chi connectivity index (χ2n) is 7.88. The maximum absolute atomic E-state index is 13.9. The quantitative estimate of drug-likeness (QED) is 0.730. The maximum Gasteiger partial charge on any atom is 0.247 e. The molecule has 30 heavy (non-hydrogen) atoms. The van der Waals surface area contributed by atoms with Crippen molar-refractivity contribution in [3.8, 4) is 0 Å². The average molecular weight is 419 g/mol. The molecule has 2 aromatic carbocycles. The first-order chi connectivity index (χ1) is 14.2. The van der Waals surface area contributed by atoms with Crippen LogP contribution in [0.1, 0.15) is 31.4 Å². The number of halogens is 3. The van der Waals surface area contributed by atoms with Crippen LogP contribution in [0.4, 0.5) is 18.9 Å². The molecule has 1 aliphatic rings. The Bertz CT molecular complexity index is 965. The molecule has 160 valence electrons. The minimum atomic E-state index is -1.28. The monoisotopic (exact) mass is 419 g/mol. The van der Waals surface area contributed by atoms with Gasteiger partial charge in [-0.3, -0.25) is 9.59 Å². The number of para-hydroxylation sites is 1. The molecule has 2 aromatic rings. The number of nitrogens with one attached hydrogen (secondary N) is 1. The summed E-state index contributed by atoms with van der Waals surface area (Å²) in [4.78, 5) is 27.3. The topological polar surface area (TPSA) is 75.4 Å². The van der Waals surface area contributed by atoms with Gasteiger partial charge in [-0.25, -0.2) is 13.2 Å². The number of benzene rings is 2. The summed E-state index contributed by atoms with van der Waals surface area (Å²) < 4.78 is 40.5. The molecular weight excluding hydrogens is 395 g/mol. The number of hydrogen-bond donors (Lipinski definition) is 2. The Morgan fingerprint density at radius 3 is 2.53 bits per heavy atom. The Kier molecular flexibility index (Phi) is 6.45. The van der Waals surface area contributed by atoms with Gasteiger partial charge in [-0.15, -0.1) is 0 Å². The van der Waals surface area contributed by atoms with E-state index in [0.29, 0.717) is 11.8 Å². The van der Waals surface area contributed by atoms with E-state index < -0.39 is 29.5 Å². The third-order valence-corrected chi connectivity index (χ3v) is 5.18. The van der Waals surface area contributed by atoms with Crippen LogP contribution in [-0.2, 0) is 22.6 Å². The minimum absolute atomic E-state index is 0.103. The number of anilines is 1. The van der Waals surface area contributed by atoms with E-state index in [9.17, 15) is 22.8 Å². The number of rotatable bonds is 5. The van der Waals surface area contributed by atoms with Crippen LogP contribution in [0.3, 0.4) is 0 Å². The summed E-state index contributed by atoms with van der Waals surface area (Å²) in [7, 11) is 0. The Morgan fingerprint density at radius 1 is 1.17 bits per heavy atom. The third kappa shape index (κ3) is 4.64. The summed E-state index contributed by atoms with van der Waals surface area (Å²) in [6.07, 6.45) is -0.311. The summed E-state index contributed by atoms with van der Waals surface area (Å²) in [5.74, 6) is -4.18. The highest BCUT2D eigenvalue weighted by molar-refractivity contribution is 5.99. The number of carbonyl (C=O) groups is 2. The van der Waals surface area contributed by atoms with Gasteiger partial charge in [0, 0.05) is 30.8 Å². The van der Waals surface area contributed by atoms with Crippen LogP contribution < -0.4 is 11.1 Å². The summed E-state index contributed by atoms with van der Waals surface area (Å²) in [6.45, 7) is 3.91. The van der Waals surface area contributed by atoms with Crippen LogP contribution in [0.5, 0.6) is 0 Å². The molecule has 3 N–H and O–H groups in total. The maximum atomic E-state index is 13.9. The first kappa shape index (κ1) is 21.8. The molecule has 0 bridgehead atoms. The van der Waals surface area contributed by atoms with Gasteiger partial charge >= 0.3 is 0 Å². The van der Waals surface area contributed by atoms with Gasteiger partial charge in [0.2, 0.25) is 11.8 Å². The van der Waals surface area contributed by atoms with Crippen molar-refractivity contribution >= 4 is 17.5 Å². The molecule has 0 fully saturated rings. The molecule has 8 heteroatoms. The molecule has 0 saturated heterocycles. The van der Waals surface area contributed by atoms with Crippen molar-refractivity contribution in [3.05, 3.63) is 65.0 Å². The fourth-order valence-electron chi connectivity index (χ4n) is 3.73. The second kappa shape index (κ2) is 8.87. The standard InChI is InChI=1S/C22H24F3N3O2/c1-12(2)21-22(30)27-19-6-4-3-5-13(19)11-28(21)20(29)9-15(26)7-14-8-17(24)18(25)10-16(14)23/h3-6,8,10,12,15,21H,7,9,11,26H2,1-2H3,(H,27,30)/t15-,21?/m1/s1. The molecule has 0 aromatic heterocycles. The van der Waals surface area contributed by atoms with E-state index >= 15 is 0 Å². The number of fused-ring (bicyclic) bond motifs is 1. The Balaban J connectivity index is 1.79. The number of nitrogens with two attached hydrogens (primary N) is 1. The molecule has 1 unspecified atom stereocenters. The van der Waals surface area contributed by atoms with Gasteiger partial charge in [-0.05, 0) is 35.6 Å². The largest absolute Gasteiger partial charge is 0.327 e. The number of nitrogens with zero attached hydrogens (tertiary/aromatic N) is 1. The van der Waals surface area contributed by atoms with E-state index in [1.807, 2.05) is 26.0 Å². The van der Waals surface area contributed by atoms with Crippen molar-refractivity contribution in [1.82, 2.24) is 4.90 Å². The van der Waals surface area contributed by atoms with Crippen LogP contribution in [0.25, 0.3) is 0 Å². The minimum Gasteiger partial charge on any atom is -0.327 e. The van der Waals surface area contributed by atoms with Gasteiger partial charge < -0.3 is 16.0 Å². The molecule has 3 rings (SSSR count). The number of amides is 2. The Hall–Kier alpha value is -2.87. The van der Waals surface area contributed by atoms with Crippen molar-refractivity contribution in [2.75, 3.05) is 5.32 Å². The molecule has 1 aliphatic heterocycles. The fourth-order valence-corrected chi connectivity index (χ4v) is 3.73. The predicted octanol–water partition coefficient (Wildman–Crippen LogP) is 3.37. The zero-order valence-electron chi connectivity index (χ0n) is 16.8. The summed E-state index contributed by atoms with van der Waals surface area (Å²) >= 11 is 0. The Labute approximate surface area is 173 Å². The van der Waals surface area contributed by atoms with Crippen LogP contribution in [0.15, 0.2) is 36.4 Å². The second-order valence-corrected chi connectivity index (χ2v) is 7.88. The van der Waals surface area contributed by atoms with Crippen LogP contribution in [0, 0.1) is 23.4 Å². The van der Waals surface area contributed by atoms with Crippen LogP contribution in [0.2, 0.25) is 0 Å². The average Bonchev–Trinajstić information content (AvgIpc) is 2.81.